The van der Waals surface area contributed by atoms with Gasteiger partial charge in [0.25, 0.3) is 0 Å². The Bertz CT molecular complexity index is 1160. The molecule has 1 aliphatic carbocycles. The van der Waals surface area contributed by atoms with Crippen molar-refractivity contribution >= 4 is 29.2 Å². The van der Waals surface area contributed by atoms with E-state index < -0.39 is 0 Å². The summed E-state index contributed by atoms with van der Waals surface area (Å²) in [7, 11) is 2.01. The van der Waals surface area contributed by atoms with Gasteiger partial charge in [0.15, 0.2) is 0 Å². The maximum absolute atomic E-state index is 14.9. The largest absolute Gasteiger partial charge is 0.369 e. The average molecular weight is 438 g/mol. The minimum Gasteiger partial charge on any atom is -0.369 e. The lowest BCUT2D eigenvalue weighted by atomic mass is 10.0. The molecule has 2 heterocycles. The molecule has 1 fully saturated rings. The number of halogens is 1. The Hall–Kier alpha value is -3.48. The molecule has 3 aromatic rings. The van der Waals surface area contributed by atoms with Crippen molar-refractivity contribution < 1.29 is 12.0 Å². The van der Waals surface area contributed by atoms with Crippen LogP contribution in [0.2, 0.25) is 0 Å². The fourth-order valence-electron chi connectivity index (χ4n) is 4.42. The van der Waals surface area contributed by atoms with Crippen molar-refractivity contribution in [1.29, 1.82) is 0 Å². The van der Waals surface area contributed by atoms with Gasteiger partial charge in [-0.05, 0) is 50.2 Å². The second-order valence-corrected chi connectivity index (χ2v) is 8.19. The van der Waals surface area contributed by atoms with Crippen molar-refractivity contribution in [3.63, 3.8) is 0 Å². The van der Waals surface area contributed by atoms with E-state index in [2.05, 4.69) is 31.9 Å². The first-order valence-corrected chi connectivity index (χ1v) is 10.9. The van der Waals surface area contributed by atoms with Gasteiger partial charge in [0.1, 0.15) is 5.82 Å². The Morgan fingerprint density at radius 1 is 1.38 bits per heavy atom. The van der Waals surface area contributed by atoms with E-state index in [1.54, 1.807) is 30.7 Å². The Kier molecular flexibility index (Phi) is 6.35. The maximum Gasteiger partial charge on any atom is 0.219 e. The minimum absolute atomic E-state index is 0. The van der Waals surface area contributed by atoms with Gasteiger partial charge < -0.3 is 15.2 Å². The Balaban J connectivity index is 0.00000204. The molecule has 170 valence electrons. The number of carbonyl (C=O) groups excluding carboxylic acids is 1. The standard InChI is InChI=1S/C25H28FN5O.2H2/c1-4-24(32)30-17-6-7-18(13-17)31(3)23(15-27-2)22-9-5-16(14-29-22)19-8-10-21-20(25(19)26)11-12-28-21;;/h5,8-12,14-15,17-18,28H,2,4,6-7,13H2,1,3H3,(H,30,32);2*1H/b23-15-;;/t17-,18+;;/m0../s1. The topological polar surface area (TPSA) is 73.4 Å². The molecule has 2 N–H and O–H groups in total. The van der Waals surface area contributed by atoms with E-state index >= 15 is 0 Å². The number of nitrogens with one attached hydrogen (secondary N) is 2. The van der Waals surface area contributed by atoms with E-state index in [0.29, 0.717) is 22.9 Å². The van der Waals surface area contributed by atoms with Crippen LogP contribution in [0, 0.1) is 5.82 Å². The van der Waals surface area contributed by atoms with E-state index in [-0.39, 0.29) is 26.7 Å². The van der Waals surface area contributed by atoms with Crippen molar-refractivity contribution in [2.24, 2.45) is 4.99 Å². The van der Waals surface area contributed by atoms with Crippen molar-refractivity contribution in [2.45, 2.75) is 44.7 Å². The number of rotatable bonds is 7. The second-order valence-electron chi connectivity index (χ2n) is 8.19. The molecule has 0 spiro atoms. The molecule has 1 amide bonds. The summed E-state index contributed by atoms with van der Waals surface area (Å²) in [5, 5.41) is 3.66. The van der Waals surface area contributed by atoms with Gasteiger partial charge in [-0.25, -0.2) is 4.39 Å². The van der Waals surface area contributed by atoms with E-state index in [9.17, 15) is 9.18 Å². The van der Waals surface area contributed by atoms with Gasteiger partial charge in [0, 0.05) is 62.8 Å². The first-order chi connectivity index (χ1) is 15.5. The summed E-state index contributed by atoms with van der Waals surface area (Å²) in [6, 6.07) is 9.59. The summed E-state index contributed by atoms with van der Waals surface area (Å²) >= 11 is 0. The van der Waals surface area contributed by atoms with Crippen molar-refractivity contribution in [3.05, 3.63) is 60.4 Å². The highest BCUT2D eigenvalue weighted by Crippen LogP contribution is 2.31. The molecule has 32 heavy (non-hydrogen) atoms. The van der Waals surface area contributed by atoms with Crippen LogP contribution in [0.25, 0.3) is 27.7 Å². The van der Waals surface area contributed by atoms with Crippen molar-refractivity contribution in [2.75, 3.05) is 7.05 Å². The number of aromatic amines is 1. The van der Waals surface area contributed by atoms with Gasteiger partial charge in [-0.1, -0.05) is 13.0 Å². The van der Waals surface area contributed by atoms with Crippen LogP contribution in [-0.4, -0.2) is 46.6 Å². The quantitative estimate of drug-likeness (QED) is 0.497. The van der Waals surface area contributed by atoms with Crippen LogP contribution in [0.5, 0.6) is 0 Å². The molecule has 1 saturated carbocycles. The number of hydrogen-bond acceptors (Lipinski definition) is 4. The summed E-state index contributed by atoms with van der Waals surface area (Å²) in [5.41, 5.74) is 3.59. The number of pyridine rings is 1. The number of carbonyl (C=O) groups is 1. The SMILES string of the molecule is C=N/C=C(/c1ccc(-c2ccc3[nH]ccc3c2F)cn1)N(C)[C@@H]1CC[C@H](NC(=O)CC)C1.[HH].[HH]. The minimum atomic E-state index is -0.259. The summed E-state index contributed by atoms with van der Waals surface area (Å²) in [5.74, 6) is -0.172. The number of aliphatic imine (C=N–C) groups is 1. The highest BCUT2D eigenvalue weighted by Gasteiger charge is 2.30. The highest BCUT2D eigenvalue weighted by atomic mass is 19.1. The van der Waals surface area contributed by atoms with E-state index in [1.165, 1.54) is 0 Å². The summed E-state index contributed by atoms with van der Waals surface area (Å²) in [6.07, 6.45) is 8.41. The van der Waals surface area contributed by atoms with Crippen molar-refractivity contribution in [3.8, 4) is 11.1 Å². The van der Waals surface area contributed by atoms with Crippen LogP contribution in [0.1, 0.15) is 41.2 Å². The van der Waals surface area contributed by atoms with E-state index in [4.69, 9.17) is 0 Å². The van der Waals surface area contributed by atoms with Crippen LogP contribution in [0.15, 0.2) is 53.9 Å². The molecule has 0 saturated heterocycles. The molecular formula is C25H32FN5O. The molecule has 2 atom stereocenters. The molecule has 1 aromatic carbocycles. The number of amides is 1. The molecule has 2 aromatic heterocycles. The molecule has 0 radical (unpaired) electrons. The lowest BCUT2D eigenvalue weighted by Crippen LogP contribution is -2.35. The normalized spacial score (nSPS) is 18.7. The summed E-state index contributed by atoms with van der Waals surface area (Å²) in [4.78, 5) is 25.5. The van der Waals surface area contributed by atoms with Gasteiger partial charge in [0.05, 0.1) is 17.6 Å². The Morgan fingerprint density at radius 3 is 2.94 bits per heavy atom. The van der Waals surface area contributed by atoms with Crippen LogP contribution < -0.4 is 5.32 Å². The summed E-state index contributed by atoms with van der Waals surface area (Å²) in [6.45, 7) is 5.47. The third kappa shape index (κ3) is 4.28. The number of H-pyrrole nitrogens is 1. The zero-order valence-corrected chi connectivity index (χ0v) is 18.4. The zero-order chi connectivity index (χ0) is 22.7. The lowest BCUT2D eigenvalue weighted by Gasteiger charge is -2.28. The predicted molar refractivity (Wildman–Crippen MR) is 131 cm³/mol. The second kappa shape index (κ2) is 9.34. The van der Waals surface area contributed by atoms with E-state index in [0.717, 1.165) is 36.2 Å². The molecule has 6 nitrogen and oxygen atoms in total. The third-order valence-corrected chi connectivity index (χ3v) is 6.24. The smallest absolute Gasteiger partial charge is 0.219 e. The highest BCUT2D eigenvalue weighted by molar-refractivity contribution is 5.86. The van der Waals surface area contributed by atoms with Gasteiger partial charge in [-0.3, -0.25) is 14.8 Å². The first kappa shape index (κ1) is 21.7. The molecule has 1 aliphatic rings. The number of fused-ring (bicyclic) bond motifs is 1. The van der Waals surface area contributed by atoms with Gasteiger partial charge in [-0.2, -0.15) is 0 Å². The first-order valence-electron chi connectivity index (χ1n) is 10.9. The molecule has 4 rings (SSSR count). The van der Waals surface area contributed by atoms with E-state index in [1.807, 2.05) is 32.2 Å². The van der Waals surface area contributed by atoms with Crippen LogP contribution in [-0.2, 0) is 4.79 Å². The number of hydrogen-bond donors (Lipinski definition) is 2. The van der Waals surface area contributed by atoms with Gasteiger partial charge >= 0.3 is 0 Å². The van der Waals surface area contributed by atoms with Gasteiger partial charge in [0.2, 0.25) is 5.91 Å². The molecule has 0 unspecified atom stereocenters. The molecule has 0 aliphatic heterocycles. The Morgan fingerprint density at radius 2 is 2.22 bits per heavy atom. The third-order valence-electron chi connectivity index (χ3n) is 6.24. The molecular weight excluding hydrogens is 405 g/mol. The summed E-state index contributed by atoms with van der Waals surface area (Å²) < 4.78 is 14.9. The average Bonchev–Trinajstić information content (AvgIpc) is 3.47. The fraction of sp³-hybridized carbons (Fsp3) is 0.320. The fourth-order valence-corrected chi connectivity index (χ4v) is 4.42. The van der Waals surface area contributed by atoms with Crippen molar-refractivity contribution in [1.82, 2.24) is 20.2 Å². The zero-order valence-electron chi connectivity index (χ0n) is 18.4. The van der Waals surface area contributed by atoms with Crippen LogP contribution >= 0.6 is 0 Å². The number of nitrogens with zero attached hydrogens (tertiary/aromatic N) is 3. The number of benzene rings is 1. The molecule has 0 bridgehead atoms. The monoisotopic (exact) mass is 437 g/mol. The number of aromatic nitrogens is 2. The molecule has 7 heteroatoms. The van der Waals surface area contributed by atoms with Crippen LogP contribution in [0.4, 0.5) is 4.39 Å². The van der Waals surface area contributed by atoms with Gasteiger partial charge in [-0.15, -0.1) is 0 Å². The Labute approximate surface area is 190 Å². The maximum atomic E-state index is 14.9. The predicted octanol–water partition coefficient (Wildman–Crippen LogP) is 5.24. The lowest BCUT2D eigenvalue weighted by molar-refractivity contribution is -0.121. The van der Waals surface area contributed by atoms with Crippen LogP contribution in [0.3, 0.4) is 0 Å².